The van der Waals surface area contributed by atoms with Crippen molar-refractivity contribution in [1.29, 1.82) is 0 Å². The molecule has 2 N–H and O–H groups in total. The predicted molar refractivity (Wildman–Crippen MR) is 76.4 cm³/mol. The van der Waals surface area contributed by atoms with E-state index in [-0.39, 0.29) is 6.10 Å². The molecule has 2 aromatic carbocycles. The maximum Gasteiger partial charge on any atom is 0.127 e. The molecule has 0 bridgehead atoms. The Morgan fingerprint density at radius 1 is 0.947 bits per heavy atom. The van der Waals surface area contributed by atoms with Gasteiger partial charge in [0.15, 0.2) is 0 Å². The molecule has 19 heavy (non-hydrogen) atoms. The van der Waals surface area contributed by atoms with Crippen LogP contribution >= 0.6 is 0 Å². The van der Waals surface area contributed by atoms with Gasteiger partial charge in [-0.2, -0.15) is 0 Å². The quantitative estimate of drug-likeness (QED) is 0.861. The van der Waals surface area contributed by atoms with E-state index in [1.165, 1.54) is 0 Å². The van der Waals surface area contributed by atoms with Gasteiger partial charge < -0.3 is 15.2 Å². The highest BCUT2D eigenvalue weighted by molar-refractivity contribution is 5.33. The smallest absolute Gasteiger partial charge is 0.127 e. The van der Waals surface area contributed by atoms with Crippen molar-refractivity contribution in [3.05, 3.63) is 60.2 Å². The molecule has 3 nitrogen and oxygen atoms in total. The minimum absolute atomic E-state index is 0.0503. The van der Waals surface area contributed by atoms with E-state index in [0.29, 0.717) is 13.2 Å². The van der Waals surface area contributed by atoms with Crippen molar-refractivity contribution in [2.75, 3.05) is 13.2 Å². The summed E-state index contributed by atoms with van der Waals surface area (Å²) in [4.78, 5) is 0. The van der Waals surface area contributed by atoms with Gasteiger partial charge in [0.1, 0.15) is 11.5 Å². The molecular weight excluding hydrogens is 238 g/mol. The lowest BCUT2D eigenvalue weighted by Gasteiger charge is -2.13. The van der Waals surface area contributed by atoms with Crippen molar-refractivity contribution in [3.8, 4) is 11.5 Å². The van der Waals surface area contributed by atoms with Crippen LogP contribution in [-0.4, -0.2) is 13.2 Å². The molecule has 0 aromatic heterocycles. The number of benzene rings is 2. The van der Waals surface area contributed by atoms with Crippen molar-refractivity contribution in [2.45, 2.75) is 13.0 Å². The highest BCUT2D eigenvalue weighted by Gasteiger charge is 2.05. The van der Waals surface area contributed by atoms with Gasteiger partial charge in [0.2, 0.25) is 0 Å². The average molecular weight is 257 g/mol. The Morgan fingerprint density at radius 3 is 2.21 bits per heavy atom. The molecule has 0 heterocycles. The van der Waals surface area contributed by atoms with E-state index >= 15 is 0 Å². The fourth-order valence-corrected chi connectivity index (χ4v) is 1.77. The Hall–Kier alpha value is -1.84. The van der Waals surface area contributed by atoms with Crippen LogP contribution in [0.1, 0.15) is 18.6 Å². The number of hydrogen-bond acceptors (Lipinski definition) is 3. The molecule has 0 fully saturated rings. The van der Waals surface area contributed by atoms with Crippen LogP contribution in [0.5, 0.6) is 11.5 Å². The van der Waals surface area contributed by atoms with Gasteiger partial charge in [0.05, 0.1) is 12.7 Å². The molecule has 1 unspecified atom stereocenters. The highest BCUT2D eigenvalue weighted by Crippen LogP contribution is 2.24. The summed E-state index contributed by atoms with van der Waals surface area (Å²) in [6.45, 7) is 3.13. The average Bonchev–Trinajstić information content (AvgIpc) is 2.46. The lowest BCUT2D eigenvalue weighted by Crippen LogP contribution is -2.10. The summed E-state index contributed by atoms with van der Waals surface area (Å²) in [5.41, 5.74) is 6.54. The second-order valence-electron chi connectivity index (χ2n) is 4.29. The number of ether oxygens (including phenoxy) is 2. The molecule has 0 saturated carbocycles. The van der Waals surface area contributed by atoms with E-state index < -0.39 is 0 Å². The van der Waals surface area contributed by atoms with Crippen LogP contribution in [0, 0.1) is 0 Å². The zero-order valence-electron chi connectivity index (χ0n) is 11.1. The molecule has 0 spiro atoms. The normalized spacial score (nSPS) is 12.1. The molecule has 1 atom stereocenters. The fraction of sp³-hybridized carbons (Fsp3) is 0.250. The van der Waals surface area contributed by atoms with E-state index in [9.17, 15) is 0 Å². The SMILES string of the molecule is CC(OCCN)c1ccc(Oc2ccccc2)cc1. The highest BCUT2D eigenvalue weighted by atomic mass is 16.5. The molecule has 0 aliphatic heterocycles. The third-order valence-corrected chi connectivity index (χ3v) is 2.81. The first-order valence-electron chi connectivity index (χ1n) is 6.44. The first-order valence-corrected chi connectivity index (χ1v) is 6.44. The summed E-state index contributed by atoms with van der Waals surface area (Å²) in [6, 6.07) is 17.7. The van der Waals surface area contributed by atoms with Crippen LogP contribution in [0.25, 0.3) is 0 Å². The third-order valence-electron chi connectivity index (χ3n) is 2.81. The lowest BCUT2D eigenvalue weighted by molar-refractivity contribution is 0.0718. The van der Waals surface area contributed by atoms with Crippen LogP contribution in [0.4, 0.5) is 0 Å². The first kappa shape index (κ1) is 13.6. The van der Waals surface area contributed by atoms with Crippen LogP contribution in [0.3, 0.4) is 0 Å². The molecule has 0 radical (unpaired) electrons. The number of hydrogen-bond donors (Lipinski definition) is 1. The summed E-state index contributed by atoms with van der Waals surface area (Å²) in [7, 11) is 0. The summed E-state index contributed by atoms with van der Waals surface area (Å²) in [6.07, 6.45) is 0.0503. The van der Waals surface area contributed by atoms with Crippen molar-refractivity contribution in [1.82, 2.24) is 0 Å². The second kappa shape index (κ2) is 6.92. The minimum Gasteiger partial charge on any atom is -0.457 e. The zero-order valence-corrected chi connectivity index (χ0v) is 11.1. The van der Waals surface area contributed by atoms with Crippen molar-refractivity contribution in [2.24, 2.45) is 5.73 Å². The lowest BCUT2D eigenvalue weighted by atomic mass is 10.1. The van der Waals surface area contributed by atoms with Crippen molar-refractivity contribution >= 4 is 0 Å². The Labute approximate surface area is 114 Å². The second-order valence-corrected chi connectivity index (χ2v) is 4.29. The molecule has 0 aliphatic carbocycles. The van der Waals surface area contributed by atoms with Gasteiger partial charge in [-0.3, -0.25) is 0 Å². The van der Waals surface area contributed by atoms with Gasteiger partial charge in [-0.25, -0.2) is 0 Å². The number of para-hydroxylation sites is 1. The summed E-state index contributed by atoms with van der Waals surface area (Å²) in [5, 5.41) is 0. The first-order chi connectivity index (χ1) is 9.29. The summed E-state index contributed by atoms with van der Waals surface area (Å²) >= 11 is 0. The maximum absolute atomic E-state index is 5.73. The van der Waals surface area contributed by atoms with Crippen molar-refractivity contribution in [3.63, 3.8) is 0 Å². The van der Waals surface area contributed by atoms with Gasteiger partial charge in [0, 0.05) is 6.54 Å². The predicted octanol–water partition coefficient (Wildman–Crippen LogP) is 3.52. The Morgan fingerprint density at radius 2 is 1.58 bits per heavy atom. The minimum atomic E-state index is 0.0503. The molecule has 3 heteroatoms. The van der Waals surface area contributed by atoms with Crippen LogP contribution < -0.4 is 10.5 Å². The zero-order chi connectivity index (χ0) is 13.5. The topological polar surface area (TPSA) is 44.5 Å². The van der Waals surface area contributed by atoms with E-state index in [1.54, 1.807) is 0 Å². The van der Waals surface area contributed by atoms with E-state index in [2.05, 4.69) is 0 Å². The fourth-order valence-electron chi connectivity index (χ4n) is 1.77. The Balaban J connectivity index is 1.98. The number of nitrogens with two attached hydrogens (primary N) is 1. The molecule has 2 aromatic rings. The van der Waals surface area contributed by atoms with Crippen LogP contribution in [-0.2, 0) is 4.74 Å². The van der Waals surface area contributed by atoms with Gasteiger partial charge in [-0.05, 0) is 36.8 Å². The molecule has 0 amide bonds. The molecule has 2 rings (SSSR count). The van der Waals surface area contributed by atoms with E-state index in [1.807, 2.05) is 61.5 Å². The van der Waals surface area contributed by atoms with Crippen molar-refractivity contribution < 1.29 is 9.47 Å². The Kier molecular flexibility index (Phi) is 4.95. The van der Waals surface area contributed by atoms with E-state index in [4.69, 9.17) is 15.2 Å². The Bertz CT molecular complexity index is 482. The molecule has 0 saturated heterocycles. The molecule has 0 aliphatic rings. The summed E-state index contributed by atoms with van der Waals surface area (Å²) < 4.78 is 11.3. The largest absolute Gasteiger partial charge is 0.457 e. The van der Waals surface area contributed by atoms with Gasteiger partial charge >= 0.3 is 0 Å². The van der Waals surface area contributed by atoms with E-state index in [0.717, 1.165) is 17.1 Å². The number of rotatable bonds is 6. The van der Waals surface area contributed by atoms with Gasteiger partial charge in [0.25, 0.3) is 0 Å². The molecule has 100 valence electrons. The maximum atomic E-state index is 5.73. The van der Waals surface area contributed by atoms with Gasteiger partial charge in [-0.15, -0.1) is 0 Å². The molecular formula is C16H19NO2. The third kappa shape index (κ3) is 4.09. The van der Waals surface area contributed by atoms with Crippen LogP contribution in [0.2, 0.25) is 0 Å². The van der Waals surface area contributed by atoms with Gasteiger partial charge in [-0.1, -0.05) is 30.3 Å². The monoisotopic (exact) mass is 257 g/mol. The summed E-state index contributed by atoms with van der Waals surface area (Å²) in [5.74, 6) is 1.66. The van der Waals surface area contributed by atoms with Crippen LogP contribution in [0.15, 0.2) is 54.6 Å². The standard InChI is InChI=1S/C16H19NO2/c1-13(18-12-11-17)14-7-9-16(10-8-14)19-15-5-3-2-4-6-15/h2-10,13H,11-12,17H2,1H3.